The van der Waals surface area contributed by atoms with Gasteiger partial charge in [0.15, 0.2) is 0 Å². The highest BCUT2D eigenvalue weighted by atomic mass is 16.2. The first-order valence-corrected chi connectivity index (χ1v) is 3.90. The fourth-order valence-electron chi connectivity index (χ4n) is 1.41. The maximum absolute atomic E-state index is 11.4. The maximum atomic E-state index is 11.4. The van der Waals surface area contributed by atoms with Gasteiger partial charge in [-0.2, -0.15) is 0 Å². The van der Waals surface area contributed by atoms with Crippen LogP contribution in [0.5, 0.6) is 0 Å². The van der Waals surface area contributed by atoms with Crippen molar-refractivity contribution in [2.24, 2.45) is 0 Å². The molecule has 0 aromatic carbocycles. The Morgan fingerprint density at radius 1 is 1.58 bits per heavy atom. The molecule has 1 amide bonds. The van der Waals surface area contributed by atoms with Crippen LogP contribution in [0.25, 0.3) is 0 Å². The Morgan fingerprint density at radius 2 is 2.33 bits per heavy atom. The van der Waals surface area contributed by atoms with Crippen molar-refractivity contribution in [1.29, 1.82) is 0 Å². The smallest absolute Gasteiger partial charge is 0.260 e. The van der Waals surface area contributed by atoms with E-state index in [0.29, 0.717) is 12.2 Å². The minimum absolute atomic E-state index is 0.0358. The molecule has 0 spiro atoms. The van der Waals surface area contributed by atoms with E-state index in [1.54, 1.807) is 12.8 Å². The normalized spacial score (nSPS) is 15.1. The van der Waals surface area contributed by atoms with E-state index >= 15 is 0 Å². The zero-order valence-electron chi connectivity index (χ0n) is 7.16. The summed E-state index contributed by atoms with van der Waals surface area (Å²) in [6.07, 6.45) is 0. The third kappa shape index (κ3) is 0.914. The van der Waals surface area contributed by atoms with Crippen molar-refractivity contribution < 1.29 is 4.79 Å². The summed E-state index contributed by atoms with van der Waals surface area (Å²) in [5.41, 5.74) is 2.56. The van der Waals surface area contributed by atoms with Gasteiger partial charge in [-0.15, -0.1) is 0 Å². The van der Waals surface area contributed by atoms with Gasteiger partial charge in [-0.25, -0.2) is 4.98 Å². The van der Waals surface area contributed by atoms with Gasteiger partial charge in [-0.05, 0) is 13.0 Å². The highest BCUT2D eigenvalue weighted by Gasteiger charge is 2.24. The number of fused-ring (bicyclic) bond motifs is 1. The zero-order chi connectivity index (χ0) is 8.72. The Kier molecular flexibility index (Phi) is 1.43. The molecule has 0 fully saturated rings. The van der Waals surface area contributed by atoms with Crippen molar-refractivity contribution in [3.05, 3.63) is 29.1 Å². The van der Waals surface area contributed by atoms with Crippen molar-refractivity contribution in [2.45, 2.75) is 13.5 Å². The van der Waals surface area contributed by atoms with Gasteiger partial charge in [0.05, 0.1) is 0 Å². The number of amides is 1. The predicted octanol–water partition coefficient (Wildman–Crippen LogP) is -0.106. The molecule has 1 aliphatic rings. The van der Waals surface area contributed by atoms with Crippen molar-refractivity contribution in [1.82, 2.24) is 9.79 Å². The average molecular weight is 160 g/mol. The quantitative estimate of drug-likeness (QED) is 0.496. The van der Waals surface area contributed by atoms with E-state index in [4.69, 9.17) is 0 Å². The molecule has 2 rings (SSSR count). The summed E-state index contributed by atoms with van der Waals surface area (Å²) in [6.45, 7) is 2.59. The molecule has 12 heavy (non-hydrogen) atoms. The highest BCUT2D eigenvalue weighted by Crippen LogP contribution is 2.18. The van der Waals surface area contributed by atoms with Crippen LogP contribution in [0.1, 0.15) is 21.7 Å². The standard InChI is InChI=1S/C8H9BN2O/c1-5-2-3-6-4-11(9)8(12)7(6)10-5/h2-3H,4,9H2,1H3. The van der Waals surface area contributed by atoms with Gasteiger partial charge in [-0.1, -0.05) is 6.07 Å². The Hall–Kier alpha value is -1.32. The molecule has 60 valence electrons. The Bertz CT molecular complexity index is 351. The lowest BCUT2D eigenvalue weighted by atomic mass is 10.2. The average Bonchev–Trinajstić information content (AvgIpc) is 2.31. The molecule has 0 bridgehead atoms. The van der Waals surface area contributed by atoms with Gasteiger partial charge >= 0.3 is 0 Å². The molecular formula is C8H9BN2O. The summed E-state index contributed by atoms with van der Waals surface area (Å²) in [6, 6.07) is 3.91. The minimum atomic E-state index is 0.0358. The molecule has 1 aromatic rings. The maximum Gasteiger partial charge on any atom is 0.260 e. The summed E-state index contributed by atoms with van der Waals surface area (Å²) < 4.78 is 0. The van der Waals surface area contributed by atoms with Crippen molar-refractivity contribution in [3.63, 3.8) is 0 Å². The number of aryl methyl sites for hydroxylation is 1. The molecule has 0 radical (unpaired) electrons. The Balaban J connectivity index is 2.56. The van der Waals surface area contributed by atoms with Crippen LogP contribution in [0.15, 0.2) is 12.1 Å². The summed E-state index contributed by atoms with van der Waals surface area (Å²) in [5.74, 6) is 0.0358. The van der Waals surface area contributed by atoms with Crippen LogP contribution >= 0.6 is 0 Å². The van der Waals surface area contributed by atoms with Crippen LogP contribution in [-0.4, -0.2) is 23.7 Å². The molecule has 1 aromatic heterocycles. The minimum Gasteiger partial charge on any atom is -0.384 e. The molecule has 2 heterocycles. The second-order valence-electron chi connectivity index (χ2n) is 3.12. The monoisotopic (exact) mass is 160 g/mol. The zero-order valence-corrected chi connectivity index (χ0v) is 7.16. The van der Waals surface area contributed by atoms with E-state index in [2.05, 4.69) is 4.98 Å². The third-order valence-corrected chi connectivity index (χ3v) is 2.07. The van der Waals surface area contributed by atoms with Gasteiger partial charge in [0, 0.05) is 17.8 Å². The molecule has 4 heteroatoms. The second-order valence-corrected chi connectivity index (χ2v) is 3.12. The summed E-state index contributed by atoms with van der Waals surface area (Å²) in [4.78, 5) is 17.3. The van der Waals surface area contributed by atoms with Crippen molar-refractivity contribution in [3.8, 4) is 0 Å². The van der Waals surface area contributed by atoms with Gasteiger partial charge in [0.1, 0.15) is 5.69 Å². The number of carbonyl (C=O) groups is 1. The van der Waals surface area contributed by atoms with E-state index in [9.17, 15) is 4.79 Å². The summed E-state index contributed by atoms with van der Waals surface area (Å²) in [5, 5.41) is 0. The molecule has 0 saturated carbocycles. The number of nitrogens with zero attached hydrogens (tertiary/aromatic N) is 2. The molecular weight excluding hydrogens is 151 g/mol. The number of aromatic nitrogens is 1. The van der Waals surface area contributed by atoms with Crippen LogP contribution in [0.2, 0.25) is 0 Å². The number of pyridine rings is 1. The van der Waals surface area contributed by atoms with E-state index in [1.807, 2.05) is 19.1 Å². The van der Waals surface area contributed by atoms with Crippen LogP contribution in [-0.2, 0) is 6.54 Å². The SMILES string of the molecule is BN1Cc2ccc(C)nc2C1=O. The predicted molar refractivity (Wildman–Crippen MR) is 47.4 cm³/mol. The largest absolute Gasteiger partial charge is 0.384 e. The lowest BCUT2D eigenvalue weighted by molar-refractivity contribution is 0.0876. The first-order chi connectivity index (χ1) is 5.68. The molecule has 0 aliphatic carbocycles. The molecule has 0 unspecified atom stereocenters. The second kappa shape index (κ2) is 2.34. The third-order valence-electron chi connectivity index (χ3n) is 2.07. The first kappa shape index (κ1) is 7.34. The van der Waals surface area contributed by atoms with Gasteiger partial charge in [0.2, 0.25) is 7.98 Å². The van der Waals surface area contributed by atoms with Gasteiger partial charge < -0.3 is 4.81 Å². The number of carbonyl (C=O) groups excluding carboxylic acids is 1. The van der Waals surface area contributed by atoms with Gasteiger partial charge in [-0.3, -0.25) is 4.79 Å². The van der Waals surface area contributed by atoms with Crippen LogP contribution in [0.4, 0.5) is 0 Å². The fraction of sp³-hybridized carbons (Fsp3) is 0.250. The lowest BCUT2D eigenvalue weighted by Gasteiger charge is -2.04. The number of hydrogen-bond acceptors (Lipinski definition) is 2. The fourth-order valence-corrected chi connectivity index (χ4v) is 1.41. The molecule has 0 N–H and O–H groups in total. The number of rotatable bonds is 0. The Labute approximate surface area is 71.8 Å². The van der Waals surface area contributed by atoms with E-state index in [1.165, 1.54) is 0 Å². The van der Waals surface area contributed by atoms with E-state index in [0.717, 1.165) is 11.3 Å². The van der Waals surface area contributed by atoms with E-state index in [-0.39, 0.29) is 5.91 Å². The van der Waals surface area contributed by atoms with E-state index < -0.39 is 0 Å². The Morgan fingerprint density at radius 3 is 3.08 bits per heavy atom. The van der Waals surface area contributed by atoms with Crippen LogP contribution in [0.3, 0.4) is 0 Å². The highest BCUT2D eigenvalue weighted by molar-refractivity contribution is 6.19. The molecule has 0 atom stereocenters. The first-order valence-electron chi connectivity index (χ1n) is 3.90. The van der Waals surface area contributed by atoms with Crippen molar-refractivity contribution in [2.75, 3.05) is 0 Å². The molecule has 3 nitrogen and oxygen atoms in total. The van der Waals surface area contributed by atoms with Gasteiger partial charge in [0.25, 0.3) is 5.91 Å². The lowest BCUT2D eigenvalue weighted by Crippen LogP contribution is -2.20. The summed E-state index contributed by atoms with van der Waals surface area (Å²) in [7, 11) is 1.79. The van der Waals surface area contributed by atoms with Crippen LogP contribution < -0.4 is 0 Å². The van der Waals surface area contributed by atoms with Crippen molar-refractivity contribution >= 4 is 13.9 Å². The summed E-state index contributed by atoms with van der Waals surface area (Å²) >= 11 is 0. The topological polar surface area (TPSA) is 33.2 Å². The molecule has 0 saturated heterocycles. The number of hydrogen-bond donors (Lipinski definition) is 0. The molecule has 1 aliphatic heterocycles. The van der Waals surface area contributed by atoms with Crippen LogP contribution in [0, 0.1) is 6.92 Å².